The van der Waals surface area contributed by atoms with Gasteiger partial charge in [0.25, 0.3) is 22.4 Å². The predicted octanol–water partition coefficient (Wildman–Crippen LogP) is 4.08. The third-order valence-corrected chi connectivity index (χ3v) is 5.16. The van der Waals surface area contributed by atoms with Gasteiger partial charge in [0.1, 0.15) is 11.5 Å². The molecule has 3 aromatic rings. The Bertz CT molecular complexity index is 1150. The third kappa shape index (κ3) is 3.83. The van der Waals surface area contributed by atoms with Gasteiger partial charge in [0.15, 0.2) is 23.2 Å². The molecule has 0 aliphatic carbocycles. The van der Waals surface area contributed by atoms with Crippen LogP contribution in [0.1, 0.15) is 0 Å². The molecule has 0 saturated carbocycles. The number of anilines is 1. The molecule has 0 spiro atoms. The number of aromatic nitrogens is 2. The molecule has 0 saturated heterocycles. The second-order valence-electron chi connectivity index (χ2n) is 5.35. The van der Waals surface area contributed by atoms with Gasteiger partial charge in [-0.05, 0) is 12.1 Å². The van der Waals surface area contributed by atoms with Gasteiger partial charge in [-0.1, -0.05) is 11.6 Å². The fourth-order valence-corrected chi connectivity index (χ4v) is 3.63. The first-order valence-electron chi connectivity index (χ1n) is 7.35. The summed E-state index contributed by atoms with van der Waals surface area (Å²) in [4.78, 5) is 4.97. The van der Waals surface area contributed by atoms with Crippen LogP contribution in [0, 0.1) is 17.6 Å². The molecular weight excluding hydrogens is 433 g/mol. The van der Waals surface area contributed by atoms with Crippen molar-refractivity contribution >= 4 is 38.3 Å². The zero-order valence-electron chi connectivity index (χ0n) is 13.4. The molecule has 0 unspecified atom stereocenters. The first-order valence-corrected chi connectivity index (χ1v) is 9.21. The third-order valence-electron chi connectivity index (χ3n) is 3.49. The van der Waals surface area contributed by atoms with E-state index in [1.165, 1.54) is 6.07 Å². The van der Waals surface area contributed by atoms with E-state index < -0.39 is 57.1 Å². The van der Waals surface area contributed by atoms with Crippen LogP contribution >= 0.6 is 11.6 Å². The summed E-state index contributed by atoms with van der Waals surface area (Å²) < 4.78 is 97.0. The number of nitrogens with zero attached hydrogens (tertiary/aromatic N) is 1. The Morgan fingerprint density at radius 3 is 2.64 bits per heavy atom. The number of pyridine rings is 1. The van der Waals surface area contributed by atoms with Crippen LogP contribution in [0.25, 0.3) is 10.9 Å². The number of halogens is 6. The number of rotatable bonds is 6. The normalized spacial score (nSPS) is 12.0. The summed E-state index contributed by atoms with van der Waals surface area (Å²) in [6.07, 6.45) is -2.00. The van der Waals surface area contributed by atoms with Gasteiger partial charge in [-0.3, -0.25) is 4.72 Å². The van der Waals surface area contributed by atoms with E-state index in [1.54, 1.807) is 4.72 Å². The molecule has 0 aliphatic rings. The van der Waals surface area contributed by atoms with E-state index in [-0.39, 0.29) is 15.9 Å². The molecule has 0 aliphatic heterocycles. The summed E-state index contributed by atoms with van der Waals surface area (Å²) in [5.74, 6) is -5.72. The van der Waals surface area contributed by atoms with E-state index in [0.717, 1.165) is 12.3 Å². The van der Waals surface area contributed by atoms with Gasteiger partial charge in [-0.2, -0.15) is 9.37 Å². The lowest BCUT2D eigenvalue weighted by molar-refractivity contribution is 0.0792. The van der Waals surface area contributed by atoms with Crippen molar-refractivity contribution in [2.24, 2.45) is 0 Å². The van der Waals surface area contributed by atoms with Crippen LogP contribution in [0.2, 0.25) is 5.02 Å². The monoisotopic (exact) mass is 441 g/mol. The summed E-state index contributed by atoms with van der Waals surface area (Å²) in [6.45, 7) is -1.20. The quantitative estimate of drug-likeness (QED) is 0.446. The molecule has 3 rings (SSSR count). The van der Waals surface area contributed by atoms with E-state index >= 15 is 0 Å². The zero-order valence-corrected chi connectivity index (χ0v) is 15.0. The second kappa shape index (κ2) is 7.43. The summed E-state index contributed by atoms with van der Waals surface area (Å²) in [5.41, 5.74) is -0.205. The van der Waals surface area contributed by atoms with Crippen molar-refractivity contribution in [3.05, 3.63) is 47.0 Å². The van der Waals surface area contributed by atoms with Gasteiger partial charge in [0.05, 0.1) is 10.5 Å². The Balaban J connectivity index is 1.95. The Morgan fingerprint density at radius 1 is 1.25 bits per heavy atom. The van der Waals surface area contributed by atoms with E-state index in [0.29, 0.717) is 6.07 Å². The van der Waals surface area contributed by atoms with Gasteiger partial charge in [0.2, 0.25) is 0 Å². The molecule has 0 atom stereocenters. The number of benzene rings is 1. The molecule has 2 aromatic heterocycles. The van der Waals surface area contributed by atoms with Crippen molar-refractivity contribution in [2.75, 3.05) is 11.3 Å². The van der Waals surface area contributed by atoms with Gasteiger partial charge >= 0.3 is 0 Å². The SMILES string of the molecule is O=S(=O)(Nc1nc(F)c(OCC(F)F)cc1F)c1c[nH]c2c(F)c(Cl)ccc12. The minimum Gasteiger partial charge on any atom is -0.483 e. The smallest absolute Gasteiger partial charge is 0.272 e. The van der Waals surface area contributed by atoms with Crippen molar-refractivity contribution in [3.63, 3.8) is 0 Å². The topological polar surface area (TPSA) is 84.1 Å². The summed E-state index contributed by atoms with van der Waals surface area (Å²) in [6, 6.07) is 2.72. The molecule has 1 aromatic carbocycles. The summed E-state index contributed by atoms with van der Waals surface area (Å²) in [7, 11) is -4.53. The predicted molar refractivity (Wildman–Crippen MR) is 89.7 cm³/mol. The van der Waals surface area contributed by atoms with Crippen molar-refractivity contribution in [1.82, 2.24) is 9.97 Å². The minimum atomic E-state index is -4.53. The molecule has 6 nitrogen and oxygen atoms in total. The Hall–Kier alpha value is -2.60. The highest BCUT2D eigenvalue weighted by Gasteiger charge is 2.24. The molecule has 2 heterocycles. The summed E-state index contributed by atoms with van der Waals surface area (Å²) in [5, 5.41) is -0.340. The number of hydrogen-bond acceptors (Lipinski definition) is 4. The number of nitrogens with one attached hydrogen (secondary N) is 2. The number of H-pyrrole nitrogens is 1. The van der Waals surface area contributed by atoms with Gasteiger partial charge in [-0.25, -0.2) is 26.0 Å². The molecule has 28 heavy (non-hydrogen) atoms. The van der Waals surface area contributed by atoms with E-state index in [1.807, 2.05) is 0 Å². The number of ether oxygens (including phenoxy) is 1. The number of fused-ring (bicyclic) bond motifs is 1. The van der Waals surface area contributed by atoms with Crippen molar-refractivity contribution in [2.45, 2.75) is 11.3 Å². The Labute approximate surface area is 159 Å². The minimum absolute atomic E-state index is 0.0906. The van der Waals surface area contributed by atoms with Gasteiger partial charge in [0, 0.05) is 17.6 Å². The van der Waals surface area contributed by atoms with E-state index in [4.69, 9.17) is 11.6 Å². The Kier molecular flexibility index (Phi) is 5.35. The maximum atomic E-state index is 14.0. The van der Waals surface area contributed by atoms with Crippen molar-refractivity contribution in [3.8, 4) is 5.75 Å². The van der Waals surface area contributed by atoms with Crippen LogP contribution < -0.4 is 9.46 Å². The lowest BCUT2D eigenvalue weighted by Crippen LogP contribution is -2.16. The highest BCUT2D eigenvalue weighted by molar-refractivity contribution is 7.93. The summed E-state index contributed by atoms with van der Waals surface area (Å²) >= 11 is 5.62. The molecule has 2 N–H and O–H groups in total. The highest BCUT2D eigenvalue weighted by atomic mass is 35.5. The fraction of sp³-hybridized carbons (Fsp3) is 0.133. The largest absolute Gasteiger partial charge is 0.483 e. The molecule has 0 bridgehead atoms. The number of hydrogen-bond donors (Lipinski definition) is 2. The maximum absolute atomic E-state index is 14.0. The van der Waals surface area contributed by atoms with Crippen LogP contribution in [-0.2, 0) is 10.0 Å². The van der Waals surface area contributed by atoms with Gasteiger partial charge < -0.3 is 9.72 Å². The van der Waals surface area contributed by atoms with E-state index in [9.17, 15) is 30.4 Å². The van der Waals surface area contributed by atoms with Crippen LogP contribution in [0.3, 0.4) is 0 Å². The molecular formula is C15H9ClF5N3O3S. The molecule has 0 fully saturated rings. The second-order valence-corrected chi connectivity index (χ2v) is 7.41. The fourth-order valence-electron chi connectivity index (χ4n) is 2.29. The molecule has 0 amide bonds. The average molecular weight is 442 g/mol. The van der Waals surface area contributed by atoms with Crippen LogP contribution in [0.4, 0.5) is 27.8 Å². The number of aromatic amines is 1. The van der Waals surface area contributed by atoms with Crippen molar-refractivity contribution in [1.29, 1.82) is 0 Å². The first kappa shape index (κ1) is 20.1. The van der Waals surface area contributed by atoms with Gasteiger partial charge in [-0.15, -0.1) is 0 Å². The maximum Gasteiger partial charge on any atom is 0.272 e. The lowest BCUT2D eigenvalue weighted by atomic mass is 10.2. The lowest BCUT2D eigenvalue weighted by Gasteiger charge is -2.10. The first-order chi connectivity index (χ1) is 13.1. The van der Waals surface area contributed by atoms with Crippen LogP contribution in [-0.4, -0.2) is 31.4 Å². The van der Waals surface area contributed by atoms with Crippen molar-refractivity contribution < 1.29 is 35.1 Å². The Morgan fingerprint density at radius 2 is 1.96 bits per heavy atom. The highest BCUT2D eigenvalue weighted by Crippen LogP contribution is 2.30. The zero-order chi connectivity index (χ0) is 20.6. The number of alkyl halides is 2. The average Bonchev–Trinajstić information content (AvgIpc) is 3.05. The molecule has 150 valence electrons. The molecule has 13 heteroatoms. The van der Waals surface area contributed by atoms with Crippen LogP contribution in [0.5, 0.6) is 5.75 Å². The molecule has 0 radical (unpaired) electrons. The standard InChI is InChI=1S/C15H9ClF5N3O3S/c16-7-2-1-6-10(4-22-13(6)12(7)20)28(25,26)24-15-8(17)3-9(14(21)23-15)27-5-11(18)19/h1-4,11,22H,5H2,(H,23,24). The van der Waals surface area contributed by atoms with E-state index in [2.05, 4.69) is 14.7 Å². The van der Waals surface area contributed by atoms with Crippen LogP contribution in [0.15, 0.2) is 29.3 Å². The number of sulfonamides is 1.